The van der Waals surface area contributed by atoms with Crippen LogP contribution in [0.5, 0.6) is 0 Å². The summed E-state index contributed by atoms with van der Waals surface area (Å²) in [5.41, 5.74) is 1.37. The van der Waals surface area contributed by atoms with Crippen LogP contribution in [-0.2, 0) is 6.54 Å². The number of aromatic nitrogens is 4. The third-order valence-electron chi connectivity index (χ3n) is 3.46. The average Bonchev–Trinajstić information content (AvgIpc) is 3.22. The molecule has 1 aromatic carbocycles. The smallest absolute Gasteiger partial charge is 0.269 e. The van der Waals surface area contributed by atoms with Crippen LogP contribution in [0.3, 0.4) is 0 Å². The van der Waals surface area contributed by atoms with E-state index in [9.17, 15) is 4.79 Å². The van der Waals surface area contributed by atoms with Gasteiger partial charge in [0, 0.05) is 5.92 Å². The number of nitrogens with zero attached hydrogens (tertiary/aromatic N) is 4. The van der Waals surface area contributed by atoms with E-state index in [-0.39, 0.29) is 12.1 Å². The summed E-state index contributed by atoms with van der Waals surface area (Å²) in [7, 11) is 0. The second-order valence-corrected chi connectivity index (χ2v) is 4.98. The van der Waals surface area contributed by atoms with Gasteiger partial charge in [-0.1, -0.05) is 12.1 Å². The maximum atomic E-state index is 12.0. The zero-order valence-electron chi connectivity index (χ0n) is 10.7. The Labute approximate surface area is 114 Å². The Hall–Kier alpha value is -2.50. The molecule has 4 rings (SSSR count). The number of rotatable bonds is 3. The molecule has 100 valence electrons. The van der Waals surface area contributed by atoms with Crippen LogP contribution < -0.4 is 5.56 Å². The van der Waals surface area contributed by atoms with Gasteiger partial charge in [0.2, 0.25) is 11.8 Å². The second-order valence-electron chi connectivity index (χ2n) is 4.98. The standard InChI is InChI=1S/C14H12N4O2/c19-13-7-15-10-3-1-2-4-11(10)18(13)8-12-16-17-14(20-12)9-5-6-9/h1-4,7,9H,5-6,8H2. The summed E-state index contributed by atoms with van der Waals surface area (Å²) in [5.74, 6) is 1.57. The average molecular weight is 268 g/mol. The molecule has 0 aliphatic heterocycles. The summed E-state index contributed by atoms with van der Waals surface area (Å²) in [6.45, 7) is 0.279. The molecule has 0 bridgehead atoms. The molecule has 0 unspecified atom stereocenters. The van der Waals surface area contributed by atoms with Gasteiger partial charge in [-0.25, -0.2) is 4.98 Å². The summed E-state index contributed by atoms with van der Waals surface area (Å²) in [5, 5.41) is 8.06. The SMILES string of the molecule is O=c1cnc2ccccc2n1Cc1nnc(C2CC2)o1. The first kappa shape index (κ1) is 11.3. The summed E-state index contributed by atoms with van der Waals surface area (Å²) >= 11 is 0. The van der Waals surface area contributed by atoms with Crippen molar-refractivity contribution in [2.75, 3.05) is 0 Å². The molecule has 0 spiro atoms. The monoisotopic (exact) mass is 268 g/mol. The molecule has 1 fully saturated rings. The molecular weight excluding hydrogens is 256 g/mol. The van der Waals surface area contributed by atoms with Crippen molar-refractivity contribution in [3.63, 3.8) is 0 Å². The Morgan fingerprint density at radius 1 is 1.25 bits per heavy atom. The van der Waals surface area contributed by atoms with E-state index in [0.717, 1.165) is 23.9 Å². The molecule has 1 aliphatic rings. The van der Waals surface area contributed by atoms with Crippen molar-refractivity contribution in [1.82, 2.24) is 19.7 Å². The van der Waals surface area contributed by atoms with E-state index >= 15 is 0 Å². The van der Waals surface area contributed by atoms with E-state index in [4.69, 9.17) is 4.42 Å². The van der Waals surface area contributed by atoms with Gasteiger partial charge in [0.15, 0.2) is 0 Å². The number of fused-ring (bicyclic) bond motifs is 1. The first-order chi connectivity index (χ1) is 9.81. The highest BCUT2D eigenvalue weighted by Crippen LogP contribution is 2.39. The number of hydrogen-bond donors (Lipinski definition) is 0. The lowest BCUT2D eigenvalue weighted by Crippen LogP contribution is -2.21. The van der Waals surface area contributed by atoms with Crippen LogP contribution in [0.4, 0.5) is 0 Å². The van der Waals surface area contributed by atoms with Gasteiger partial charge in [-0.15, -0.1) is 10.2 Å². The van der Waals surface area contributed by atoms with E-state index in [1.54, 1.807) is 4.57 Å². The molecule has 20 heavy (non-hydrogen) atoms. The Balaban J connectivity index is 1.77. The van der Waals surface area contributed by atoms with Crippen molar-refractivity contribution in [2.24, 2.45) is 0 Å². The van der Waals surface area contributed by atoms with Gasteiger partial charge in [0.25, 0.3) is 5.56 Å². The summed E-state index contributed by atoms with van der Waals surface area (Å²) in [6, 6.07) is 7.50. The van der Waals surface area contributed by atoms with Crippen LogP contribution in [0.1, 0.15) is 30.5 Å². The molecule has 1 saturated carbocycles. The van der Waals surface area contributed by atoms with Gasteiger partial charge in [0.1, 0.15) is 6.54 Å². The first-order valence-electron chi connectivity index (χ1n) is 6.58. The first-order valence-corrected chi connectivity index (χ1v) is 6.58. The highest BCUT2D eigenvalue weighted by molar-refractivity contribution is 5.74. The van der Waals surface area contributed by atoms with Crippen LogP contribution in [0, 0.1) is 0 Å². The Morgan fingerprint density at radius 3 is 2.95 bits per heavy atom. The number of benzene rings is 1. The van der Waals surface area contributed by atoms with Gasteiger partial charge < -0.3 is 4.42 Å². The maximum absolute atomic E-state index is 12.0. The third kappa shape index (κ3) is 1.89. The van der Waals surface area contributed by atoms with Crippen LogP contribution in [0.2, 0.25) is 0 Å². The third-order valence-corrected chi connectivity index (χ3v) is 3.46. The van der Waals surface area contributed by atoms with Gasteiger partial charge in [-0.2, -0.15) is 0 Å². The predicted octanol–water partition coefficient (Wildman–Crippen LogP) is 1.71. The largest absolute Gasteiger partial charge is 0.423 e. The normalized spacial score (nSPS) is 14.8. The topological polar surface area (TPSA) is 73.8 Å². The lowest BCUT2D eigenvalue weighted by Gasteiger charge is -2.06. The van der Waals surface area contributed by atoms with Crippen molar-refractivity contribution in [2.45, 2.75) is 25.3 Å². The Morgan fingerprint density at radius 2 is 2.10 bits per heavy atom. The molecule has 2 aromatic heterocycles. The quantitative estimate of drug-likeness (QED) is 0.723. The molecule has 2 heterocycles. The predicted molar refractivity (Wildman–Crippen MR) is 71.4 cm³/mol. The molecule has 6 heteroatoms. The fraction of sp³-hybridized carbons (Fsp3) is 0.286. The Bertz CT molecular complexity index is 832. The minimum atomic E-state index is -0.171. The van der Waals surface area contributed by atoms with Crippen LogP contribution in [-0.4, -0.2) is 19.7 Å². The van der Waals surface area contributed by atoms with Gasteiger partial charge in [-0.05, 0) is 25.0 Å². The molecule has 1 aliphatic carbocycles. The molecule has 3 aromatic rings. The second kappa shape index (κ2) is 4.26. The summed E-state index contributed by atoms with van der Waals surface area (Å²) in [4.78, 5) is 16.1. The van der Waals surface area contributed by atoms with Crippen LogP contribution >= 0.6 is 0 Å². The van der Waals surface area contributed by atoms with E-state index in [1.165, 1.54) is 6.20 Å². The van der Waals surface area contributed by atoms with Gasteiger partial charge >= 0.3 is 0 Å². The molecule has 0 atom stereocenters. The fourth-order valence-corrected chi connectivity index (χ4v) is 2.24. The highest BCUT2D eigenvalue weighted by Gasteiger charge is 2.29. The molecule has 6 nitrogen and oxygen atoms in total. The van der Waals surface area contributed by atoms with Crippen LogP contribution in [0.25, 0.3) is 11.0 Å². The van der Waals surface area contributed by atoms with Gasteiger partial charge in [-0.3, -0.25) is 9.36 Å². The van der Waals surface area contributed by atoms with Crippen molar-refractivity contribution in [3.8, 4) is 0 Å². The zero-order chi connectivity index (χ0) is 13.5. The van der Waals surface area contributed by atoms with Crippen molar-refractivity contribution < 1.29 is 4.42 Å². The van der Waals surface area contributed by atoms with Crippen molar-refractivity contribution in [3.05, 3.63) is 52.6 Å². The minimum absolute atomic E-state index is 0.171. The van der Waals surface area contributed by atoms with E-state index in [0.29, 0.717) is 17.7 Å². The minimum Gasteiger partial charge on any atom is -0.423 e. The Kier molecular flexibility index (Phi) is 2.42. The number of hydrogen-bond acceptors (Lipinski definition) is 5. The fourth-order valence-electron chi connectivity index (χ4n) is 2.24. The lowest BCUT2D eigenvalue weighted by molar-refractivity contribution is 0.439. The molecule has 0 saturated heterocycles. The molecular formula is C14H12N4O2. The zero-order valence-corrected chi connectivity index (χ0v) is 10.7. The molecule has 0 amide bonds. The van der Waals surface area contributed by atoms with Crippen molar-refractivity contribution >= 4 is 11.0 Å². The maximum Gasteiger partial charge on any atom is 0.269 e. The van der Waals surface area contributed by atoms with Crippen molar-refractivity contribution in [1.29, 1.82) is 0 Å². The number of para-hydroxylation sites is 2. The molecule has 0 N–H and O–H groups in total. The van der Waals surface area contributed by atoms with E-state index in [2.05, 4.69) is 15.2 Å². The van der Waals surface area contributed by atoms with E-state index in [1.807, 2.05) is 24.3 Å². The summed E-state index contributed by atoms with van der Waals surface area (Å²) < 4.78 is 7.22. The van der Waals surface area contributed by atoms with E-state index < -0.39 is 0 Å². The summed E-state index contributed by atoms with van der Waals surface area (Å²) in [6.07, 6.45) is 3.54. The highest BCUT2D eigenvalue weighted by atomic mass is 16.4. The van der Waals surface area contributed by atoms with Crippen LogP contribution in [0.15, 0.2) is 39.7 Å². The lowest BCUT2D eigenvalue weighted by atomic mass is 10.3. The molecule has 0 radical (unpaired) electrons. The van der Waals surface area contributed by atoms with Gasteiger partial charge in [0.05, 0.1) is 17.2 Å².